The largest absolute Gasteiger partial charge is 0.497 e. The number of aromatic nitrogens is 3. The topological polar surface area (TPSA) is 66.2 Å². The SMILES string of the molecule is CCOC(=O)c1ccccc1-n1nnc2cc(OC)ccc21. The Morgan fingerprint density at radius 1 is 1.23 bits per heavy atom. The first kappa shape index (κ1) is 14.1. The number of benzene rings is 2. The number of para-hydroxylation sites is 1. The van der Waals surface area contributed by atoms with Gasteiger partial charge >= 0.3 is 5.97 Å². The van der Waals surface area contributed by atoms with Crippen LogP contribution in [0.5, 0.6) is 5.75 Å². The molecule has 1 heterocycles. The first-order valence-corrected chi connectivity index (χ1v) is 6.90. The van der Waals surface area contributed by atoms with Crippen LogP contribution in [0.15, 0.2) is 42.5 Å². The van der Waals surface area contributed by atoms with Crippen LogP contribution >= 0.6 is 0 Å². The van der Waals surface area contributed by atoms with E-state index in [-0.39, 0.29) is 5.97 Å². The summed E-state index contributed by atoms with van der Waals surface area (Å²) in [5.41, 5.74) is 2.57. The van der Waals surface area contributed by atoms with Gasteiger partial charge in [-0.15, -0.1) is 5.10 Å². The summed E-state index contributed by atoms with van der Waals surface area (Å²) in [5, 5.41) is 8.28. The maximum atomic E-state index is 12.1. The Hall–Kier alpha value is -2.89. The van der Waals surface area contributed by atoms with Crippen LogP contribution in [0.4, 0.5) is 0 Å². The standard InChI is InChI=1S/C16H15N3O3/c1-3-22-16(20)12-6-4-5-7-14(12)19-15-9-8-11(21-2)10-13(15)17-18-19/h4-10H,3H2,1-2H3. The van der Waals surface area contributed by atoms with Crippen molar-refractivity contribution in [2.45, 2.75) is 6.92 Å². The van der Waals surface area contributed by atoms with E-state index in [0.717, 1.165) is 5.52 Å². The van der Waals surface area contributed by atoms with Crippen LogP contribution in [0.25, 0.3) is 16.7 Å². The molecule has 3 rings (SSSR count). The van der Waals surface area contributed by atoms with Crippen LogP contribution in [-0.2, 0) is 4.74 Å². The number of nitrogens with zero attached hydrogens (tertiary/aromatic N) is 3. The minimum absolute atomic E-state index is 0.322. The van der Waals surface area contributed by atoms with Crippen LogP contribution in [0, 0.1) is 0 Å². The molecule has 0 atom stereocenters. The lowest BCUT2D eigenvalue weighted by atomic mass is 10.1. The molecule has 0 N–H and O–H groups in total. The van der Waals surface area contributed by atoms with E-state index in [4.69, 9.17) is 9.47 Å². The molecular formula is C16H15N3O3. The van der Waals surface area contributed by atoms with Gasteiger partial charge in [0, 0.05) is 6.07 Å². The molecule has 22 heavy (non-hydrogen) atoms. The van der Waals surface area contributed by atoms with E-state index in [1.165, 1.54) is 0 Å². The zero-order valence-corrected chi connectivity index (χ0v) is 12.3. The van der Waals surface area contributed by atoms with Crippen LogP contribution < -0.4 is 4.74 Å². The summed E-state index contributed by atoms with van der Waals surface area (Å²) >= 11 is 0. The highest BCUT2D eigenvalue weighted by atomic mass is 16.5. The Morgan fingerprint density at radius 3 is 2.82 bits per heavy atom. The summed E-state index contributed by atoms with van der Waals surface area (Å²) in [6.45, 7) is 2.10. The van der Waals surface area contributed by atoms with Crippen molar-refractivity contribution in [3.8, 4) is 11.4 Å². The molecule has 0 saturated carbocycles. The molecule has 3 aromatic rings. The lowest BCUT2D eigenvalue weighted by Crippen LogP contribution is -2.10. The third kappa shape index (κ3) is 2.39. The van der Waals surface area contributed by atoms with Gasteiger partial charge in [-0.3, -0.25) is 0 Å². The van der Waals surface area contributed by atoms with Gasteiger partial charge in [-0.1, -0.05) is 17.3 Å². The highest BCUT2D eigenvalue weighted by molar-refractivity contribution is 5.94. The first-order valence-electron chi connectivity index (χ1n) is 6.90. The molecule has 0 unspecified atom stereocenters. The Kier molecular flexibility index (Phi) is 3.74. The quantitative estimate of drug-likeness (QED) is 0.692. The predicted molar refractivity (Wildman–Crippen MR) is 81.4 cm³/mol. The van der Waals surface area contributed by atoms with Gasteiger partial charge in [0.15, 0.2) is 0 Å². The summed E-state index contributed by atoms with van der Waals surface area (Å²) < 4.78 is 11.9. The van der Waals surface area contributed by atoms with E-state index >= 15 is 0 Å². The lowest BCUT2D eigenvalue weighted by Gasteiger charge is -2.09. The van der Waals surface area contributed by atoms with Crippen LogP contribution in [0.3, 0.4) is 0 Å². The number of carbonyl (C=O) groups excluding carboxylic acids is 1. The fourth-order valence-corrected chi connectivity index (χ4v) is 2.25. The second-order valence-corrected chi connectivity index (χ2v) is 4.59. The summed E-state index contributed by atoms with van der Waals surface area (Å²) in [6, 6.07) is 12.6. The van der Waals surface area contributed by atoms with E-state index in [2.05, 4.69) is 10.3 Å². The van der Waals surface area contributed by atoms with E-state index < -0.39 is 0 Å². The van der Waals surface area contributed by atoms with Crippen molar-refractivity contribution in [3.05, 3.63) is 48.0 Å². The predicted octanol–water partition coefficient (Wildman–Crippen LogP) is 2.61. The summed E-state index contributed by atoms with van der Waals surface area (Å²) in [5.74, 6) is 0.327. The molecule has 0 saturated heterocycles. The second-order valence-electron chi connectivity index (χ2n) is 4.59. The molecule has 1 aromatic heterocycles. The molecular weight excluding hydrogens is 282 g/mol. The Morgan fingerprint density at radius 2 is 2.05 bits per heavy atom. The number of hydrogen-bond donors (Lipinski definition) is 0. The van der Waals surface area contributed by atoms with Crippen molar-refractivity contribution < 1.29 is 14.3 Å². The number of ether oxygens (including phenoxy) is 2. The number of methoxy groups -OCH3 is 1. The van der Waals surface area contributed by atoms with Crippen LogP contribution in [0.2, 0.25) is 0 Å². The Bertz CT molecular complexity index is 826. The monoisotopic (exact) mass is 297 g/mol. The molecule has 0 aliphatic heterocycles. The summed E-state index contributed by atoms with van der Waals surface area (Å²) in [4.78, 5) is 12.1. The highest BCUT2D eigenvalue weighted by Gasteiger charge is 2.16. The van der Waals surface area contributed by atoms with Gasteiger partial charge in [0.1, 0.15) is 11.3 Å². The van der Waals surface area contributed by atoms with Gasteiger partial charge in [0.2, 0.25) is 0 Å². The van der Waals surface area contributed by atoms with Crippen LogP contribution in [-0.4, -0.2) is 34.7 Å². The fourth-order valence-electron chi connectivity index (χ4n) is 2.25. The van der Waals surface area contributed by atoms with Gasteiger partial charge in [0.05, 0.1) is 30.5 Å². The normalized spacial score (nSPS) is 10.6. The number of carbonyl (C=O) groups is 1. The third-order valence-corrected chi connectivity index (χ3v) is 3.28. The summed E-state index contributed by atoms with van der Waals surface area (Å²) in [7, 11) is 1.60. The van der Waals surface area contributed by atoms with Gasteiger partial charge in [-0.05, 0) is 31.2 Å². The molecule has 0 amide bonds. The molecule has 112 valence electrons. The van der Waals surface area contributed by atoms with Gasteiger partial charge in [-0.25, -0.2) is 9.48 Å². The van der Waals surface area contributed by atoms with Crippen molar-refractivity contribution in [1.82, 2.24) is 15.0 Å². The molecule has 0 spiro atoms. The maximum absolute atomic E-state index is 12.1. The number of rotatable bonds is 4. The van der Waals surface area contributed by atoms with E-state index in [0.29, 0.717) is 29.1 Å². The molecule has 6 heteroatoms. The third-order valence-electron chi connectivity index (χ3n) is 3.28. The number of esters is 1. The summed E-state index contributed by atoms with van der Waals surface area (Å²) in [6.07, 6.45) is 0. The highest BCUT2D eigenvalue weighted by Crippen LogP contribution is 2.23. The molecule has 0 radical (unpaired) electrons. The van der Waals surface area contributed by atoms with Crippen molar-refractivity contribution in [1.29, 1.82) is 0 Å². The van der Waals surface area contributed by atoms with Crippen molar-refractivity contribution in [3.63, 3.8) is 0 Å². The molecule has 6 nitrogen and oxygen atoms in total. The van der Waals surface area contributed by atoms with Crippen molar-refractivity contribution in [2.75, 3.05) is 13.7 Å². The smallest absolute Gasteiger partial charge is 0.340 e. The first-order chi connectivity index (χ1) is 10.7. The molecule has 2 aromatic carbocycles. The van der Waals surface area contributed by atoms with Crippen LogP contribution in [0.1, 0.15) is 17.3 Å². The van der Waals surface area contributed by atoms with Crippen molar-refractivity contribution >= 4 is 17.0 Å². The van der Waals surface area contributed by atoms with Gasteiger partial charge < -0.3 is 9.47 Å². The fraction of sp³-hybridized carbons (Fsp3) is 0.188. The zero-order chi connectivity index (χ0) is 15.5. The molecule has 0 bridgehead atoms. The average molecular weight is 297 g/mol. The minimum Gasteiger partial charge on any atom is -0.497 e. The molecule has 0 fully saturated rings. The average Bonchev–Trinajstić information content (AvgIpc) is 2.97. The number of fused-ring (bicyclic) bond motifs is 1. The van der Waals surface area contributed by atoms with E-state index in [1.54, 1.807) is 36.9 Å². The van der Waals surface area contributed by atoms with Gasteiger partial charge in [0.25, 0.3) is 0 Å². The van der Waals surface area contributed by atoms with Crippen molar-refractivity contribution in [2.24, 2.45) is 0 Å². The molecule has 0 aliphatic carbocycles. The Balaban J connectivity index is 2.14. The van der Waals surface area contributed by atoms with Gasteiger partial charge in [-0.2, -0.15) is 0 Å². The molecule has 0 aliphatic rings. The second kappa shape index (κ2) is 5.85. The van der Waals surface area contributed by atoms with E-state index in [9.17, 15) is 4.79 Å². The number of hydrogen-bond acceptors (Lipinski definition) is 5. The Labute approximate surface area is 127 Å². The maximum Gasteiger partial charge on any atom is 0.340 e. The minimum atomic E-state index is -0.379. The lowest BCUT2D eigenvalue weighted by molar-refractivity contribution is 0.0526. The van der Waals surface area contributed by atoms with E-state index in [1.807, 2.05) is 24.3 Å². The zero-order valence-electron chi connectivity index (χ0n) is 12.3.